The third-order valence-corrected chi connectivity index (χ3v) is 4.42. The number of ether oxygens (including phenoxy) is 1. The summed E-state index contributed by atoms with van der Waals surface area (Å²) < 4.78 is 6.94. The van der Waals surface area contributed by atoms with Gasteiger partial charge < -0.3 is 10.5 Å². The second-order valence-corrected chi connectivity index (χ2v) is 6.12. The molecule has 0 saturated carbocycles. The molecule has 0 saturated heterocycles. The number of hydrogen-bond acceptors (Lipinski definition) is 4. The Morgan fingerprint density at radius 2 is 2.32 bits per heavy atom. The van der Waals surface area contributed by atoms with Gasteiger partial charge in [0, 0.05) is 22.3 Å². The van der Waals surface area contributed by atoms with Gasteiger partial charge in [0.2, 0.25) is 0 Å². The Labute approximate surface area is 125 Å². The fourth-order valence-corrected chi connectivity index (χ4v) is 3.05. The molecule has 0 aliphatic heterocycles. The number of nitrogens with two attached hydrogens (primary N) is 1. The fraction of sp³-hybridized carbons (Fsp3) is 0.357. The Balaban J connectivity index is 1.91. The lowest BCUT2D eigenvalue weighted by Crippen LogP contribution is -2.17. The lowest BCUT2D eigenvalue weighted by molar-refractivity contribution is 0.0611. The average molecular weight is 341 g/mol. The highest BCUT2D eigenvalue weighted by Gasteiger charge is 2.11. The molecule has 0 aliphatic rings. The molecule has 0 spiro atoms. The Hall–Kier alpha value is -0.750. The van der Waals surface area contributed by atoms with Gasteiger partial charge in [-0.15, -0.1) is 11.3 Å². The predicted octanol–water partition coefficient (Wildman–Crippen LogP) is 3.47. The monoisotopic (exact) mass is 340 g/mol. The molecule has 1 heterocycles. The van der Waals surface area contributed by atoms with Crippen LogP contribution in [0.25, 0.3) is 0 Å². The number of rotatable bonds is 6. The summed E-state index contributed by atoms with van der Waals surface area (Å²) in [6.07, 6.45) is 0.840. The SMILES string of the molecule is Cc1ncsc1CCOC(CN)c1cccc(Br)c1. The molecular formula is C14H17BrN2OS. The summed E-state index contributed by atoms with van der Waals surface area (Å²) in [5.41, 5.74) is 9.88. The fourth-order valence-electron chi connectivity index (χ4n) is 1.87. The van der Waals surface area contributed by atoms with Gasteiger partial charge in [-0.1, -0.05) is 28.1 Å². The topological polar surface area (TPSA) is 48.1 Å². The van der Waals surface area contributed by atoms with Gasteiger partial charge in [-0.2, -0.15) is 0 Å². The first kappa shape index (κ1) is 14.7. The molecule has 1 aromatic carbocycles. The molecule has 0 bridgehead atoms. The predicted molar refractivity (Wildman–Crippen MR) is 82.4 cm³/mol. The summed E-state index contributed by atoms with van der Waals surface area (Å²) in [5, 5.41) is 0. The normalized spacial score (nSPS) is 12.6. The molecule has 1 unspecified atom stereocenters. The highest BCUT2D eigenvalue weighted by atomic mass is 79.9. The van der Waals surface area contributed by atoms with E-state index in [0.29, 0.717) is 13.2 Å². The molecular weight excluding hydrogens is 324 g/mol. The van der Waals surface area contributed by atoms with Crippen molar-refractivity contribution in [3.8, 4) is 0 Å². The lowest BCUT2D eigenvalue weighted by Gasteiger charge is -2.16. The second kappa shape index (κ2) is 7.14. The van der Waals surface area contributed by atoms with Crippen LogP contribution in [0.15, 0.2) is 34.2 Å². The molecule has 5 heteroatoms. The van der Waals surface area contributed by atoms with E-state index in [4.69, 9.17) is 10.5 Å². The van der Waals surface area contributed by atoms with Gasteiger partial charge in [0.1, 0.15) is 0 Å². The number of thiazole rings is 1. The number of aryl methyl sites for hydroxylation is 1. The molecule has 2 rings (SSSR count). The highest BCUT2D eigenvalue weighted by molar-refractivity contribution is 9.10. The van der Waals surface area contributed by atoms with E-state index < -0.39 is 0 Å². The van der Waals surface area contributed by atoms with Crippen LogP contribution in [-0.2, 0) is 11.2 Å². The van der Waals surface area contributed by atoms with Crippen LogP contribution in [0.4, 0.5) is 0 Å². The maximum Gasteiger partial charge on any atom is 0.0947 e. The Kier molecular flexibility index (Phi) is 5.51. The summed E-state index contributed by atoms with van der Waals surface area (Å²) in [7, 11) is 0. The van der Waals surface area contributed by atoms with Crippen LogP contribution in [0.5, 0.6) is 0 Å². The largest absolute Gasteiger partial charge is 0.372 e. The van der Waals surface area contributed by atoms with Crippen LogP contribution < -0.4 is 5.73 Å². The van der Waals surface area contributed by atoms with Crippen molar-refractivity contribution in [2.45, 2.75) is 19.4 Å². The standard InChI is InChI=1S/C14H17BrN2OS/c1-10-14(19-9-17-10)5-6-18-13(8-16)11-3-2-4-12(15)7-11/h2-4,7,9,13H,5-6,8,16H2,1H3. The number of benzene rings is 1. The van der Waals surface area contributed by atoms with Crippen molar-refractivity contribution in [3.63, 3.8) is 0 Å². The Bertz CT molecular complexity index is 530. The van der Waals surface area contributed by atoms with Crippen molar-refractivity contribution in [3.05, 3.63) is 50.4 Å². The maximum absolute atomic E-state index is 5.89. The van der Waals surface area contributed by atoms with Crippen LogP contribution in [-0.4, -0.2) is 18.1 Å². The number of hydrogen-bond donors (Lipinski definition) is 1. The van der Waals surface area contributed by atoms with Crippen molar-refractivity contribution in [2.24, 2.45) is 5.73 Å². The van der Waals surface area contributed by atoms with Gasteiger partial charge in [0.15, 0.2) is 0 Å². The van der Waals surface area contributed by atoms with Crippen LogP contribution in [0.3, 0.4) is 0 Å². The smallest absolute Gasteiger partial charge is 0.0947 e. The molecule has 0 fully saturated rings. The van der Waals surface area contributed by atoms with Crippen molar-refractivity contribution < 1.29 is 4.74 Å². The van der Waals surface area contributed by atoms with Crippen molar-refractivity contribution in [2.75, 3.05) is 13.2 Å². The van der Waals surface area contributed by atoms with Crippen molar-refractivity contribution in [1.29, 1.82) is 0 Å². The summed E-state index contributed by atoms with van der Waals surface area (Å²) in [6.45, 7) is 3.18. The van der Waals surface area contributed by atoms with E-state index >= 15 is 0 Å². The quantitative estimate of drug-likeness (QED) is 0.875. The second-order valence-electron chi connectivity index (χ2n) is 4.26. The summed E-state index contributed by atoms with van der Waals surface area (Å²) in [6, 6.07) is 8.09. The minimum absolute atomic E-state index is 0.0503. The first-order valence-corrected chi connectivity index (χ1v) is 7.84. The zero-order valence-electron chi connectivity index (χ0n) is 10.8. The van der Waals surface area contributed by atoms with Crippen LogP contribution >= 0.6 is 27.3 Å². The van der Waals surface area contributed by atoms with Gasteiger partial charge in [0.05, 0.1) is 23.9 Å². The van der Waals surface area contributed by atoms with E-state index in [-0.39, 0.29) is 6.10 Å². The van der Waals surface area contributed by atoms with Crippen LogP contribution in [0.1, 0.15) is 22.2 Å². The number of aromatic nitrogens is 1. The first-order valence-electron chi connectivity index (χ1n) is 6.17. The molecule has 102 valence electrons. The molecule has 2 N–H and O–H groups in total. The van der Waals surface area contributed by atoms with Gasteiger partial charge in [-0.3, -0.25) is 0 Å². The Morgan fingerprint density at radius 3 is 2.95 bits per heavy atom. The minimum Gasteiger partial charge on any atom is -0.372 e. The molecule has 2 aromatic rings. The van der Waals surface area contributed by atoms with Crippen molar-refractivity contribution in [1.82, 2.24) is 4.98 Å². The van der Waals surface area contributed by atoms with E-state index in [9.17, 15) is 0 Å². The zero-order chi connectivity index (χ0) is 13.7. The summed E-state index contributed by atoms with van der Waals surface area (Å²) in [4.78, 5) is 5.52. The van der Waals surface area contributed by atoms with E-state index in [1.54, 1.807) is 11.3 Å². The average Bonchev–Trinajstić information content (AvgIpc) is 2.80. The van der Waals surface area contributed by atoms with E-state index in [1.807, 2.05) is 30.6 Å². The van der Waals surface area contributed by atoms with Gasteiger partial charge in [-0.25, -0.2) is 4.98 Å². The van der Waals surface area contributed by atoms with E-state index in [2.05, 4.69) is 27.0 Å². The Morgan fingerprint density at radius 1 is 1.47 bits per heavy atom. The molecule has 1 aromatic heterocycles. The van der Waals surface area contributed by atoms with Gasteiger partial charge in [0.25, 0.3) is 0 Å². The molecule has 1 atom stereocenters. The number of nitrogens with zero attached hydrogens (tertiary/aromatic N) is 1. The van der Waals surface area contributed by atoms with E-state index in [0.717, 1.165) is 22.2 Å². The van der Waals surface area contributed by atoms with Crippen LogP contribution in [0.2, 0.25) is 0 Å². The highest BCUT2D eigenvalue weighted by Crippen LogP contribution is 2.21. The van der Waals surface area contributed by atoms with Crippen molar-refractivity contribution >= 4 is 27.3 Å². The van der Waals surface area contributed by atoms with Gasteiger partial charge in [-0.05, 0) is 24.6 Å². The maximum atomic E-state index is 5.89. The summed E-state index contributed by atoms with van der Waals surface area (Å²) in [5.74, 6) is 0. The first-order chi connectivity index (χ1) is 9.20. The molecule has 19 heavy (non-hydrogen) atoms. The molecule has 3 nitrogen and oxygen atoms in total. The zero-order valence-corrected chi connectivity index (χ0v) is 13.2. The van der Waals surface area contributed by atoms with E-state index in [1.165, 1.54) is 4.88 Å². The van der Waals surface area contributed by atoms with Crippen LogP contribution in [0, 0.1) is 6.92 Å². The number of halogens is 1. The third kappa shape index (κ3) is 4.11. The van der Waals surface area contributed by atoms with Gasteiger partial charge >= 0.3 is 0 Å². The molecule has 0 amide bonds. The molecule has 0 radical (unpaired) electrons. The lowest BCUT2D eigenvalue weighted by atomic mass is 10.1. The third-order valence-electron chi connectivity index (χ3n) is 2.93. The molecule has 0 aliphatic carbocycles. The summed E-state index contributed by atoms with van der Waals surface area (Å²) >= 11 is 5.14. The minimum atomic E-state index is -0.0503.